The predicted octanol–water partition coefficient (Wildman–Crippen LogP) is 1.94. The number of hydrogen-bond acceptors (Lipinski definition) is 7. The Hall–Kier alpha value is -2.91. The van der Waals surface area contributed by atoms with Crippen molar-refractivity contribution in [2.24, 2.45) is 0 Å². The van der Waals surface area contributed by atoms with E-state index in [1.54, 1.807) is 20.8 Å². The number of ether oxygens (including phenoxy) is 1. The highest BCUT2D eigenvalue weighted by atomic mass is 35.5. The SMILES string of the molecule is CC(C)(C)OC(=O)CNC[C@H](Cc1ccccc1)Nc1ncc(Cl)n(CC(=O)O)c1=O. The van der Waals surface area contributed by atoms with Crippen LogP contribution in [0.3, 0.4) is 0 Å². The van der Waals surface area contributed by atoms with Crippen molar-refractivity contribution in [3.63, 3.8) is 0 Å². The first kappa shape index (κ1) is 24.4. The summed E-state index contributed by atoms with van der Waals surface area (Å²) in [5.74, 6) is -1.61. The zero-order valence-electron chi connectivity index (χ0n) is 17.7. The average molecular weight is 451 g/mol. The summed E-state index contributed by atoms with van der Waals surface area (Å²) in [4.78, 5) is 39.7. The third kappa shape index (κ3) is 8.39. The molecule has 0 saturated carbocycles. The van der Waals surface area contributed by atoms with E-state index >= 15 is 0 Å². The fourth-order valence-electron chi connectivity index (χ4n) is 2.84. The lowest BCUT2D eigenvalue weighted by molar-refractivity contribution is -0.153. The zero-order chi connectivity index (χ0) is 23.0. The molecule has 10 heteroatoms. The predicted molar refractivity (Wildman–Crippen MR) is 117 cm³/mol. The van der Waals surface area contributed by atoms with Crippen molar-refractivity contribution in [2.45, 2.75) is 45.4 Å². The molecule has 1 atom stereocenters. The minimum atomic E-state index is -1.19. The number of nitrogens with one attached hydrogen (secondary N) is 2. The fraction of sp³-hybridized carbons (Fsp3) is 0.429. The van der Waals surface area contributed by atoms with Crippen molar-refractivity contribution < 1.29 is 19.4 Å². The lowest BCUT2D eigenvalue weighted by atomic mass is 10.1. The van der Waals surface area contributed by atoms with Crippen LogP contribution in [-0.2, 0) is 27.3 Å². The number of benzene rings is 1. The van der Waals surface area contributed by atoms with Gasteiger partial charge >= 0.3 is 11.9 Å². The summed E-state index contributed by atoms with van der Waals surface area (Å²) in [6, 6.07) is 9.28. The largest absolute Gasteiger partial charge is 0.480 e. The van der Waals surface area contributed by atoms with E-state index < -0.39 is 23.7 Å². The lowest BCUT2D eigenvalue weighted by Gasteiger charge is -2.22. The van der Waals surface area contributed by atoms with Crippen LogP contribution < -0.4 is 16.2 Å². The van der Waals surface area contributed by atoms with Crippen molar-refractivity contribution in [1.29, 1.82) is 0 Å². The van der Waals surface area contributed by atoms with Crippen LogP contribution in [0.5, 0.6) is 0 Å². The summed E-state index contributed by atoms with van der Waals surface area (Å²) in [5.41, 5.74) is -0.206. The number of nitrogens with zero attached hydrogens (tertiary/aromatic N) is 2. The Balaban J connectivity index is 2.15. The summed E-state index contributed by atoms with van der Waals surface area (Å²) in [5, 5.41) is 15.0. The molecule has 2 aromatic rings. The van der Waals surface area contributed by atoms with Gasteiger partial charge in [-0.1, -0.05) is 41.9 Å². The molecule has 0 saturated heterocycles. The average Bonchev–Trinajstić information content (AvgIpc) is 2.66. The van der Waals surface area contributed by atoms with E-state index in [-0.39, 0.29) is 29.5 Å². The minimum Gasteiger partial charge on any atom is -0.480 e. The highest BCUT2D eigenvalue weighted by molar-refractivity contribution is 6.29. The van der Waals surface area contributed by atoms with E-state index in [9.17, 15) is 14.4 Å². The van der Waals surface area contributed by atoms with Crippen molar-refractivity contribution in [1.82, 2.24) is 14.9 Å². The molecule has 0 unspecified atom stereocenters. The maximum Gasteiger partial charge on any atom is 0.323 e. The van der Waals surface area contributed by atoms with Gasteiger partial charge in [0.15, 0.2) is 5.82 Å². The van der Waals surface area contributed by atoms with Gasteiger partial charge in [-0.2, -0.15) is 0 Å². The number of esters is 1. The second kappa shape index (κ2) is 10.9. The van der Waals surface area contributed by atoms with E-state index in [1.807, 2.05) is 30.3 Å². The Morgan fingerprint density at radius 3 is 2.55 bits per heavy atom. The smallest absolute Gasteiger partial charge is 0.323 e. The van der Waals surface area contributed by atoms with E-state index in [1.165, 1.54) is 6.20 Å². The van der Waals surface area contributed by atoms with Crippen LogP contribution in [0.2, 0.25) is 5.15 Å². The molecule has 9 nitrogen and oxygen atoms in total. The Morgan fingerprint density at radius 1 is 1.26 bits per heavy atom. The Bertz CT molecular complexity index is 956. The molecule has 2 rings (SSSR count). The highest BCUT2D eigenvalue weighted by Gasteiger charge is 2.19. The normalized spacial score (nSPS) is 12.3. The van der Waals surface area contributed by atoms with Crippen LogP contribution in [0.15, 0.2) is 41.3 Å². The monoisotopic (exact) mass is 450 g/mol. The molecule has 0 aliphatic carbocycles. The minimum absolute atomic E-state index is 0.00152. The number of aromatic nitrogens is 2. The number of anilines is 1. The van der Waals surface area contributed by atoms with Crippen LogP contribution >= 0.6 is 11.6 Å². The Morgan fingerprint density at radius 2 is 1.94 bits per heavy atom. The second-order valence-electron chi connectivity index (χ2n) is 7.96. The summed E-state index contributed by atoms with van der Waals surface area (Å²) < 4.78 is 6.21. The number of carbonyl (C=O) groups is 2. The number of aliphatic carboxylic acids is 1. The lowest BCUT2D eigenvalue weighted by Crippen LogP contribution is -2.40. The quantitative estimate of drug-likeness (QED) is 0.469. The van der Waals surface area contributed by atoms with E-state index in [4.69, 9.17) is 21.4 Å². The number of rotatable bonds is 10. The third-order valence-electron chi connectivity index (χ3n) is 4.05. The molecule has 168 valence electrons. The molecule has 0 radical (unpaired) electrons. The topological polar surface area (TPSA) is 123 Å². The van der Waals surface area contributed by atoms with Crippen LogP contribution in [0, 0.1) is 0 Å². The van der Waals surface area contributed by atoms with Gasteiger partial charge in [-0.3, -0.25) is 19.0 Å². The molecular formula is C21H27ClN4O5. The Labute approximate surface area is 185 Å². The van der Waals surface area contributed by atoms with E-state index in [0.29, 0.717) is 13.0 Å². The van der Waals surface area contributed by atoms with Crippen molar-refractivity contribution in [2.75, 3.05) is 18.4 Å². The number of hydrogen-bond donors (Lipinski definition) is 3. The van der Waals surface area contributed by atoms with Gasteiger partial charge in [0.25, 0.3) is 5.56 Å². The first-order chi connectivity index (χ1) is 14.5. The summed E-state index contributed by atoms with van der Waals surface area (Å²) in [6.45, 7) is 5.13. The van der Waals surface area contributed by atoms with Crippen molar-refractivity contribution >= 4 is 29.4 Å². The van der Waals surface area contributed by atoms with Gasteiger partial charge in [-0.15, -0.1) is 0 Å². The molecule has 0 aliphatic rings. The number of halogens is 1. The summed E-state index contributed by atoms with van der Waals surface area (Å²) >= 11 is 5.93. The molecular weight excluding hydrogens is 424 g/mol. The van der Waals surface area contributed by atoms with Crippen molar-refractivity contribution in [3.05, 3.63) is 57.6 Å². The highest BCUT2D eigenvalue weighted by Crippen LogP contribution is 2.10. The molecule has 0 spiro atoms. The van der Waals surface area contributed by atoms with Gasteiger partial charge in [0, 0.05) is 12.6 Å². The molecule has 1 aromatic heterocycles. The number of carboxylic acid groups (broad SMARTS) is 1. The molecule has 0 amide bonds. The Kier molecular flexibility index (Phi) is 8.58. The van der Waals surface area contributed by atoms with Crippen LogP contribution in [0.1, 0.15) is 26.3 Å². The molecule has 1 heterocycles. The zero-order valence-corrected chi connectivity index (χ0v) is 18.5. The van der Waals surface area contributed by atoms with Gasteiger partial charge in [0.1, 0.15) is 17.3 Å². The summed E-state index contributed by atoms with van der Waals surface area (Å²) in [6.07, 6.45) is 1.76. The van der Waals surface area contributed by atoms with Crippen LogP contribution in [-0.4, -0.2) is 51.3 Å². The van der Waals surface area contributed by atoms with Gasteiger partial charge in [-0.25, -0.2) is 4.98 Å². The molecule has 1 aromatic carbocycles. The van der Waals surface area contributed by atoms with Gasteiger partial charge in [0.05, 0.1) is 12.7 Å². The van der Waals surface area contributed by atoms with Crippen molar-refractivity contribution in [3.8, 4) is 0 Å². The number of carboxylic acids is 1. The molecule has 3 N–H and O–H groups in total. The third-order valence-corrected chi connectivity index (χ3v) is 4.35. The van der Waals surface area contributed by atoms with Gasteiger partial charge in [0.2, 0.25) is 0 Å². The maximum absolute atomic E-state index is 12.6. The molecule has 0 bridgehead atoms. The van der Waals surface area contributed by atoms with Crippen LogP contribution in [0.25, 0.3) is 0 Å². The maximum atomic E-state index is 12.6. The number of carbonyl (C=O) groups excluding carboxylic acids is 1. The van der Waals surface area contributed by atoms with E-state index in [2.05, 4.69) is 15.6 Å². The first-order valence-electron chi connectivity index (χ1n) is 9.75. The molecule has 0 aliphatic heterocycles. The molecule has 31 heavy (non-hydrogen) atoms. The molecule has 0 fully saturated rings. The van der Waals surface area contributed by atoms with E-state index in [0.717, 1.165) is 10.1 Å². The first-order valence-corrected chi connectivity index (χ1v) is 10.1. The fourth-order valence-corrected chi connectivity index (χ4v) is 3.03. The van der Waals surface area contributed by atoms with Crippen LogP contribution in [0.4, 0.5) is 5.82 Å². The standard InChI is InChI=1S/C21H27ClN4O5/c1-21(2,3)31-18(29)12-23-10-15(9-14-7-5-4-6-8-14)25-19-20(30)26(13-17(27)28)16(22)11-24-19/h4-8,11,15,23H,9-10,12-13H2,1-3H3,(H,24,25)(H,27,28)/t15-/m0/s1. The van der Waals surface area contributed by atoms with Gasteiger partial charge in [-0.05, 0) is 32.8 Å². The van der Waals surface area contributed by atoms with Gasteiger partial charge < -0.3 is 20.5 Å². The second-order valence-corrected chi connectivity index (χ2v) is 8.35. The summed E-state index contributed by atoms with van der Waals surface area (Å²) in [7, 11) is 0.